The van der Waals surface area contributed by atoms with Crippen LogP contribution in [0.5, 0.6) is 0 Å². The first-order chi connectivity index (χ1) is 19.3. The molecule has 10 nitrogen and oxygen atoms in total. The molecule has 0 unspecified atom stereocenters. The summed E-state index contributed by atoms with van der Waals surface area (Å²) in [6.07, 6.45) is 5.35. The first-order valence-electron chi connectivity index (χ1n) is 14.7. The number of fused-ring (bicyclic) bond motifs is 1. The van der Waals surface area contributed by atoms with Gasteiger partial charge in [0.25, 0.3) is 0 Å². The zero-order valence-corrected chi connectivity index (χ0v) is 27.1. The number of piperidine rings is 1. The summed E-state index contributed by atoms with van der Waals surface area (Å²) < 4.78 is 5.55. The second-order valence-electron chi connectivity index (χ2n) is 11.9. The number of amides is 4. The van der Waals surface area contributed by atoms with Crippen LogP contribution < -0.4 is 16.0 Å². The van der Waals surface area contributed by atoms with Gasteiger partial charge in [-0.3, -0.25) is 14.4 Å². The van der Waals surface area contributed by atoms with Gasteiger partial charge < -0.3 is 30.7 Å². The van der Waals surface area contributed by atoms with Crippen molar-refractivity contribution in [3.63, 3.8) is 0 Å². The minimum Gasteiger partial charge on any atom is -0.444 e. The second-order valence-corrected chi connectivity index (χ2v) is 14.2. The molecule has 0 aliphatic carbocycles. The van der Waals surface area contributed by atoms with Gasteiger partial charge in [0.05, 0.1) is 18.1 Å². The van der Waals surface area contributed by atoms with E-state index in [1.165, 1.54) is 0 Å². The summed E-state index contributed by atoms with van der Waals surface area (Å²) >= 11 is 3.20. The molecule has 0 spiro atoms. The zero-order valence-electron chi connectivity index (χ0n) is 25.4. The van der Waals surface area contributed by atoms with Gasteiger partial charge in [0.15, 0.2) is 0 Å². The Labute approximate surface area is 253 Å². The highest BCUT2D eigenvalue weighted by molar-refractivity contribution is 8.00. The van der Waals surface area contributed by atoms with E-state index in [1.54, 1.807) is 42.3 Å². The summed E-state index contributed by atoms with van der Waals surface area (Å²) in [4.78, 5) is 53.2. The molecule has 0 aromatic rings. The topological polar surface area (TPSA) is 137 Å². The third kappa shape index (κ3) is 12.5. The number of aliphatic hydroxyl groups excluding tert-OH is 1. The molecule has 2 rings (SSSR count). The van der Waals surface area contributed by atoms with Crippen LogP contribution in [0.1, 0.15) is 67.2 Å². The number of carbonyl (C=O) groups is 4. The molecule has 0 bridgehead atoms. The molecule has 234 valence electrons. The van der Waals surface area contributed by atoms with Gasteiger partial charge >= 0.3 is 6.09 Å². The molecular weight excluding hydrogens is 564 g/mol. The number of nitrogens with zero attached hydrogens (tertiary/aromatic N) is 1. The van der Waals surface area contributed by atoms with Crippen molar-refractivity contribution in [2.45, 2.75) is 96.3 Å². The Morgan fingerprint density at radius 2 is 1.90 bits per heavy atom. The van der Waals surface area contributed by atoms with Crippen molar-refractivity contribution < 1.29 is 29.0 Å². The smallest absolute Gasteiger partial charge is 0.410 e. The third-order valence-electron chi connectivity index (χ3n) is 7.05. The summed E-state index contributed by atoms with van der Waals surface area (Å²) in [5.41, 5.74) is -0.603. The maximum Gasteiger partial charge on any atom is 0.410 e. The van der Waals surface area contributed by atoms with E-state index in [-0.39, 0.29) is 41.4 Å². The third-order valence-corrected chi connectivity index (χ3v) is 9.36. The molecule has 0 saturated carbocycles. The SMILES string of the molecule is CCCCNC(=O)[C@H](C)C[C@H](O)[C@@H]1CSC/C=C/CS[C@@H]2CN(C(=O)OC(C)(C)C)CC[C@@H]2C(=O)N[C@@H](C)C(=O)N1. The Morgan fingerprint density at radius 3 is 2.59 bits per heavy atom. The van der Waals surface area contributed by atoms with Crippen LogP contribution in [0.3, 0.4) is 0 Å². The maximum absolute atomic E-state index is 13.3. The summed E-state index contributed by atoms with van der Waals surface area (Å²) in [5.74, 6) is 0.347. The number of unbranched alkanes of at least 4 members (excludes halogenated alkanes) is 1. The number of thioether (sulfide) groups is 2. The Bertz CT molecular complexity index is 912. The molecule has 4 N–H and O–H groups in total. The van der Waals surface area contributed by atoms with Crippen LogP contribution in [0.4, 0.5) is 4.79 Å². The largest absolute Gasteiger partial charge is 0.444 e. The average Bonchev–Trinajstić information content (AvgIpc) is 2.90. The van der Waals surface area contributed by atoms with Crippen LogP contribution >= 0.6 is 23.5 Å². The van der Waals surface area contributed by atoms with E-state index in [0.717, 1.165) is 12.8 Å². The van der Waals surface area contributed by atoms with Crippen molar-refractivity contribution >= 4 is 47.3 Å². The molecule has 0 aromatic heterocycles. The summed E-state index contributed by atoms with van der Waals surface area (Å²) in [5, 5.41) is 19.5. The van der Waals surface area contributed by atoms with E-state index in [1.807, 2.05) is 32.9 Å². The van der Waals surface area contributed by atoms with Crippen LogP contribution in [0.2, 0.25) is 0 Å². The molecule has 6 atom stereocenters. The van der Waals surface area contributed by atoms with E-state index in [2.05, 4.69) is 22.9 Å². The molecular formula is C29H50N4O6S2. The monoisotopic (exact) mass is 614 g/mol. The van der Waals surface area contributed by atoms with Crippen molar-refractivity contribution in [3.05, 3.63) is 12.2 Å². The minimum absolute atomic E-state index is 0.109. The fraction of sp³-hybridized carbons (Fsp3) is 0.793. The maximum atomic E-state index is 13.3. The lowest BCUT2D eigenvalue weighted by atomic mass is 9.95. The van der Waals surface area contributed by atoms with Crippen molar-refractivity contribution in [1.82, 2.24) is 20.9 Å². The standard InChI is InChI=1S/C29H50N4O6S2/c1-7-8-12-30-25(35)19(2)16-23(34)22-18-40-14-9-10-15-41-24-17-33(28(38)39-29(4,5)6)13-11-21(24)27(37)31-20(3)26(36)32-22/h9-10,19-24,34H,7-8,11-18H2,1-6H3,(H,30,35)(H,31,37)(H,32,36)/b10-9+/t19-,20+,21+,22+,23+,24-/m1/s1. The number of hydrogen-bond donors (Lipinski definition) is 4. The molecule has 4 amide bonds. The Kier molecular flexibility index (Phi) is 14.8. The van der Waals surface area contributed by atoms with Gasteiger partial charge in [0.2, 0.25) is 17.7 Å². The lowest BCUT2D eigenvalue weighted by Gasteiger charge is -2.38. The van der Waals surface area contributed by atoms with Crippen molar-refractivity contribution in [2.24, 2.45) is 11.8 Å². The van der Waals surface area contributed by atoms with E-state index in [4.69, 9.17) is 4.74 Å². The van der Waals surface area contributed by atoms with Gasteiger partial charge in [0.1, 0.15) is 11.6 Å². The Balaban J connectivity index is 2.08. The molecule has 2 aliphatic heterocycles. The lowest BCUT2D eigenvalue weighted by molar-refractivity contribution is -0.132. The average molecular weight is 615 g/mol. The molecule has 2 aliphatic rings. The van der Waals surface area contributed by atoms with Crippen molar-refractivity contribution in [3.8, 4) is 0 Å². The van der Waals surface area contributed by atoms with Crippen LogP contribution in [0.25, 0.3) is 0 Å². The van der Waals surface area contributed by atoms with Crippen LogP contribution in [-0.4, -0.2) is 99.8 Å². The molecule has 41 heavy (non-hydrogen) atoms. The van der Waals surface area contributed by atoms with E-state index in [0.29, 0.717) is 43.3 Å². The highest BCUT2D eigenvalue weighted by atomic mass is 32.2. The molecule has 2 heterocycles. The van der Waals surface area contributed by atoms with E-state index >= 15 is 0 Å². The predicted molar refractivity (Wildman–Crippen MR) is 166 cm³/mol. The van der Waals surface area contributed by atoms with Gasteiger partial charge in [0, 0.05) is 48.1 Å². The predicted octanol–water partition coefficient (Wildman–Crippen LogP) is 2.94. The number of nitrogens with one attached hydrogen (secondary N) is 3. The zero-order chi connectivity index (χ0) is 30.6. The number of rotatable bonds is 7. The normalized spacial score (nSPS) is 27.1. The van der Waals surface area contributed by atoms with E-state index in [9.17, 15) is 24.3 Å². The summed E-state index contributed by atoms with van der Waals surface area (Å²) in [6, 6.07) is -1.38. The van der Waals surface area contributed by atoms with Gasteiger partial charge in [-0.2, -0.15) is 23.5 Å². The fourth-order valence-corrected chi connectivity index (χ4v) is 6.83. The molecule has 12 heteroatoms. The number of carbonyl (C=O) groups excluding carboxylic acids is 4. The number of hydrogen-bond acceptors (Lipinski definition) is 8. The van der Waals surface area contributed by atoms with Crippen LogP contribution in [0, 0.1) is 11.8 Å². The van der Waals surface area contributed by atoms with Crippen molar-refractivity contribution in [2.75, 3.05) is 36.9 Å². The lowest BCUT2D eigenvalue weighted by Crippen LogP contribution is -2.56. The van der Waals surface area contributed by atoms with Gasteiger partial charge in [-0.25, -0.2) is 4.79 Å². The first kappa shape index (κ1) is 35.3. The Hall–Kier alpha value is -1.92. The van der Waals surface area contributed by atoms with Crippen LogP contribution in [-0.2, 0) is 19.1 Å². The fourth-order valence-electron chi connectivity index (χ4n) is 4.59. The second kappa shape index (κ2) is 17.3. The molecule has 0 radical (unpaired) electrons. The molecule has 1 fully saturated rings. The van der Waals surface area contributed by atoms with Gasteiger partial charge in [-0.15, -0.1) is 0 Å². The summed E-state index contributed by atoms with van der Waals surface area (Å²) in [7, 11) is 0. The number of ether oxygens (including phenoxy) is 1. The highest BCUT2D eigenvalue weighted by Gasteiger charge is 2.38. The highest BCUT2D eigenvalue weighted by Crippen LogP contribution is 2.30. The van der Waals surface area contributed by atoms with Crippen molar-refractivity contribution in [1.29, 1.82) is 0 Å². The number of likely N-dealkylation sites (tertiary alicyclic amines) is 1. The van der Waals surface area contributed by atoms with E-state index < -0.39 is 29.7 Å². The van der Waals surface area contributed by atoms with Gasteiger partial charge in [-0.1, -0.05) is 32.4 Å². The summed E-state index contributed by atoms with van der Waals surface area (Å²) in [6.45, 7) is 12.3. The minimum atomic E-state index is -0.918. The first-order valence-corrected chi connectivity index (χ1v) is 16.9. The number of aliphatic hydroxyl groups is 1. The van der Waals surface area contributed by atoms with Gasteiger partial charge in [-0.05, 0) is 47.0 Å². The van der Waals surface area contributed by atoms with Crippen LogP contribution in [0.15, 0.2) is 12.2 Å². The Morgan fingerprint density at radius 1 is 1.20 bits per heavy atom. The molecule has 0 aromatic carbocycles. The molecule has 1 saturated heterocycles. The quantitative estimate of drug-likeness (QED) is 0.254.